The van der Waals surface area contributed by atoms with Crippen molar-refractivity contribution in [2.45, 2.75) is 13.8 Å². The minimum absolute atomic E-state index is 0.0137. The van der Waals surface area contributed by atoms with Crippen LogP contribution >= 0.6 is 23.2 Å². The van der Waals surface area contributed by atoms with Crippen molar-refractivity contribution in [2.24, 2.45) is 5.41 Å². The summed E-state index contributed by atoms with van der Waals surface area (Å²) in [7, 11) is 0. The van der Waals surface area contributed by atoms with E-state index in [0.717, 1.165) is 6.07 Å². The third kappa shape index (κ3) is 3.83. The Balaban J connectivity index is 3.01. The van der Waals surface area contributed by atoms with Crippen LogP contribution in [-0.4, -0.2) is 17.4 Å². The van der Waals surface area contributed by atoms with Crippen molar-refractivity contribution in [2.75, 3.05) is 6.54 Å². The molecule has 0 spiro atoms. The number of nitrogens with zero attached hydrogens (tertiary/aromatic N) is 2. The Labute approximate surface area is 125 Å². The molecule has 8 heteroatoms. The largest absolute Gasteiger partial charge is 0.350 e. The minimum atomic E-state index is -0.738. The van der Waals surface area contributed by atoms with E-state index < -0.39 is 21.9 Å². The summed E-state index contributed by atoms with van der Waals surface area (Å²) < 4.78 is 0. The van der Waals surface area contributed by atoms with Crippen molar-refractivity contribution in [1.29, 1.82) is 5.26 Å². The van der Waals surface area contributed by atoms with E-state index in [-0.39, 0.29) is 22.2 Å². The molecule has 0 saturated heterocycles. The summed E-state index contributed by atoms with van der Waals surface area (Å²) in [6.07, 6.45) is 0. The van der Waals surface area contributed by atoms with Gasteiger partial charge in [-0.15, -0.1) is 0 Å². The topological polar surface area (TPSA) is 96.0 Å². The van der Waals surface area contributed by atoms with E-state index in [1.54, 1.807) is 13.8 Å². The number of rotatable bonds is 4. The third-order valence-electron chi connectivity index (χ3n) is 2.46. The predicted octanol–water partition coefficient (Wildman–Crippen LogP) is 3.18. The lowest BCUT2D eigenvalue weighted by Crippen LogP contribution is -2.33. The van der Waals surface area contributed by atoms with Crippen molar-refractivity contribution in [3.8, 4) is 6.07 Å². The van der Waals surface area contributed by atoms with E-state index in [4.69, 9.17) is 28.5 Å². The van der Waals surface area contributed by atoms with Gasteiger partial charge in [-0.1, -0.05) is 23.2 Å². The first-order valence-electron chi connectivity index (χ1n) is 5.51. The first kappa shape index (κ1) is 16.2. The molecule has 6 nitrogen and oxygen atoms in total. The maximum Gasteiger partial charge on any atom is 0.290 e. The van der Waals surface area contributed by atoms with E-state index in [1.165, 1.54) is 6.07 Å². The van der Waals surface area contributed by atoms with Crippen LogP contribution in [0.3, 0.4) is 0 Å². The molecule has 1 amide bonds. The second kappa shape index (κ2) is 6.07. The quantitative estimate of drug-likeness (QED) is 0.681. The Morgan fingerprint density at radius 2 is 2.10 bits per heavy atom. The fourth-order valence-electron chi connectivity index (χ4n) is 1.28. The molecule has 0 unspecified atom stereocenters. The highest BCUT2D eigenvalue weighted by Crippen LogP contribution is 2.33. The molecule has 1 aromatic carbocycles. The summed E-state index contributed by atoms with van der Waals surface area (Å²) >= 11 is 11.4. The zero-order valence-corrected chi connectivity index (χ0v) is 12.2. The molecule has 0 aliphatic rings. The molecule has 0 aliphatic heterocycles. The molecule has 0 saturated carbocycles. The minimum Gasteiger partial charge on any atom is -0.350 e. The summed E-state index contributed by atoms with van der Waals surface area (Å²) in [5, 5.41) is 21.9. The average molecular weight is 316 g/mol. The molecule has 0 aromatic heterocycles. The molecule has 0 radical (unpaired) electrons. The molecule has 0 fully saturated rings. The lowest BCUT2D eigenvalue weighted by Gasteiger charge is -2.15. The molecule has 0 bridgehead atoms. The number of nitro benzene ring substituents is 1. The van der Waals surface area contributed by atoms with Crippen LogP contribution in [0.4, 0.5) is 5.69 Å². The van der Waals surface area contributed by atoms with Crippen LogP contribution in [0.2, 0.25) is 10.0 Å². The van der Waals surface area contributed by atoms with Crippen LogP contribution in [0.1, 0.15) is 24.2 Å². The number of nitro groups is 1. The number of hydrogen-bond acceptors (Lipinski definition) is 4. The Kier molecular flexibility index (Phi) is 4.93. The smallest absolute Gasteiger partial charge is 0.290 e. The van der Waals surface area contributed by atoms with Crippen LogP contribution in [-0.2, 0) is 0 Å². The maximum absolute atomic E-state index is 11.9. The number of hydrogen-bond donors (Lipinski definition) is 1. The van der Waals surface area contributed by atoms with Gasteiger partial charge in [0.25, 0.3) is 11.6 Å². The molecular formula is C12H11Cl2N3O3. The van der Waals surface area contributed by atoms with Gasteiger partial charge in [0, 0.05) is 18.2 Å². The highest BCUT2D eigenvalue weighted by atomic mass is 35.5. The van der Waals surface area contributed by atoms with Crippen LogP contribution in [0.15, 0.2) is 12.1 Å². The summed E-state index contributed by atoms with van der Waals surface area (Å²) in [6, 6.07) is 4.31. The van der Waals surface area contributed by atoms with Gasteiger partial charge in [0.15, 0.2) is 0 Å². The number of carbonyl (C=O) groups excluding carboxylic acids is 1. The Morgan fingerprint density at radius 3 is 2.60 bits per heavy atom. The molecular weight excluding hydrogens is 305 g/mol. The fourth-order valence-corrected chi connectivity index (χ4v) is 1.67. The molecule has 106 valence electrons. The number of carbonyl (C=O) groups is 1. The Morgan fingerprint density at radius 1 is 1.50 bits per heavy atom. The number of nitriles is 1. The van der Waals surface area contributed by atoms with Crippen LogP contribution in [0.5, 0.6) is 0 Å². The SMILES string of the molecule is CC(C)(C#N)CNC(=O)c1cc(Cl)c(Cl)c([N+](=O)[O-])c1. The van der Waals surface area contributed by atoms with Gasteiger partial charge in [-0.2, -0.15) is 5.26 Å². The monoisotopic (exact) mass is 315 g/mol. The van der Waals surface area contributed by atoms with Crippen molar-refractivity contribution in [1.82, 2.24) is 5.32 Å². The standard InChI is InChI=1S/C12H11Cl2N3O3/c1-12(2,5-15)6-16-11(18)7-3-8(13)10(14)9(4-7)17(19)20/h3-4H,6H2,1-2H3,(H,16,18). The van der Waals surface area contributed by atoms with Crippen LogP contribution in [0, 0.1) is 26.9 Å². The molecule has 20 heavy (non-hydrogen) atoms. The van der Waals surface area contributed by atoms with Gasteiger partial charge in [-0.25, -0.2) is 0 Å². The summed E-state index contributed by atoms with van der Waals surface area (Å²) in [5.41, 5.74) is -1.17. The summed E-state index contributed by atoms with van der Waals surface area (Å²) in [4.78, 5) is 22.0. The van der Waals surface area contributed by atoms with E-state index in [1.807, 2.05) is 6.07 Å². The predicted molar refractivity (Wildman–Crippen MR) is 74.8 cm³/mol. The van der Waals surface area contributed by atoms with Gasteiger partial charge in [0.1, 0.15) is 5.02 Å². The van der Waals surface area contributed by atoms with Gasteiger partial charge in [0.2, 0.25) is 0 Å². The zero-order valence-electron chi connectivity index (χ0n) is 10.7. The second-order valence-electron chi connectivity index (χ2n) is 4.73. The van der Waals surface area contributed by atoms with Gasteiger partial charge >= 0.3 is 0 Å². The zero-order chi connectivity index (χ0) is 15.5. The average Bonchev–Trinajstić information content (AvgIpc) is 2.38. The lowest BCUT2D eigenvalue weighted by molar-refractivity contribution is -0.384. The maximum atomic E-state index is 11.9. The van der Waals surface area contributed by atoms with E-state index in [2.05, 4.69) is 5.32 Å². The first-order valence-corrected chi connectivity index (χ1v) is 6.26. The Hall–Kier alpha value is -1.84. The lowest BCUT2D eigenvalue weighted by atomic mass is 9.96. The number of halogens is 2. The van der Waals surface area contributed by atoms with E-state index in [9.17, 15) is 14.9 Å². The Bertz CT molecular complexity index is 609. The van der Waals surface area contributed by atoms with Crippen molar-refractivity contribution in [3.63, 3.8) is 0 Å². The van der Waals surface area contributed by atoms with Crippen molar-refractivity contribution in [3.05, 3.63) is 37.9 Å². The highest BCUT2D eigenvalue weighted by Gasteiger charge is 2.22. The highest BCUT2D eigenvalue weighted by molar-refractivity contribution is 6.43. The molecule has 0 aliphatic carbocycles. The van der Waals surface area contributed by atoms with Crippen LogP contribution < -0.4 is 5.32 Å². The van der Waals surface area contributed by atoms with E-state index >= 15 is 0 Å². The molecule has 1 N–H and O–H groups in total. The van der Waals surface area contributed by atoms with Gasteiger partial charge < -0.3 is 5.32 Å². The van der Waals surface area contributed by atoms with E-state index in [0.29, 0.717) is 0 Å². The number of nitrogens with one attached hydrogen (secondary N) is 1. The van der Waals surface area contributed by atoms with Gasteiger partial charge in [-0.05, 0) is 19.9 Å². The normalized spacial score (nSPS) is 10.8. The van der Waals surface area contributed by atoms with Gasteiger partial charge in [-0.3, -0.25) is 14.9 Å². The molecule has 1 rings (SSSR count). The van der Waals surface area contributed by atoms with Crippen LogP contribution in [0.25, 0.3) is 0 Å². The molecule has 1 aromatic rings. The van der Waals surface area contributed by atoms with Crippen molar-refractivity contribution < 1.29 is 9.72 Å². The summed E-state index contributed by atoms with van der Waals surface area (Å²) in [6.45, 7) is 3.42. The first-order chi connectivity index (χ1) is 9.18. The molecule has 0 heterocycles. The third-order valence-corrected chi connectivity index (χ3v) is 3.25. The second-order valence-corrected chi connectivity index (χ2v) is 5.51. The molecule has 0 atom stereocenters. The van der Waals surface area contributed by atoms with Gasteiger partial charge in [0.05, 0.1) is 21.4 Å². The summed E-state index contributed by atoms with van der Waals surface area (Å²) in [5.74, 6) is -0.560. The number of benzene rings is 1. The van der Waals surface area contributed by atoms with Crippen molar-refractivity contribution >= 4 is 34.8 Å². The number of amides is 1. The fraction of sp³-hybridized carbons (Fsp3) is 0.333.